The Kier molecular flexibility index (Phi) is 49.4. The lowest BCUT2D eigenvalue weighted by atomic mass is 10.0. The van der Waals surface area contributed by atoms with Gasteiger partial charge < -0.3 is 19.8 Å². The molecule has 0 aliphatic heterocycles. The zero-order chi connectivity index (χ0) is 51.3. The van der Waals surface area contributed by atoms with E-state index in [1.165, 1.54) is 135 Å². The maximum absolute atomic E-state index is 12.9. The number of nitrogens with one attached hydrogen (secondary N) is 1. The lowest BCUT2D eigenvalue weighted by Crippen LogP contribution is -2.45. The summed E-state index contributed by atoms with van der Waals surface area (Å²) in [5.41, 5.74) is 0. The molecule has 0 aromatic carbocycles. The number of unbranched alkanes of at least 4 members (excludes halogenated alkanes) is 24. The Morgan fingerprint density at radius 1 is 0.500 bits per heavy atom. The molecule has 70 heavy (non-hydrogen) atoms. The molecule has 0 aliphatic carbocycles. The summed E-state index contributed by atoms with van der Waals surface area (Å²) in [5.74, 6) is -0.190. The third-order valence-corrected chi connectivity index (χ3v) is 13.3. The molecule has 3 N–H and O–H groups in total. The molecule has 8 nitrogen and oxygen atoms in total. The summed E-state index contributed by atoms with van der Waals surface area (Å²) < 4.78 is 23.6. The molecule has 0 rings (SSSR count). The Hall–Kier alpha value is -2.58. The van der Waals surface area contributed by atoms with Crippen molar-refractivity contribution in [3.05, 3.63) is 97.2 Å². The average Bonchev–Trinajstić information content (AvgIpc) is 3.32. The predicted octanol–water partition coefficient (Wildman–Crippen LogP) is 17.4. The molecule has 1 amide bonds. The highest BCUT2D eigenvalue weighted by atomic mass is 31.2. The molecule has 0 saturated carbocycles. The summed E-state index contributed by atoms with van der Waals surface area (Å²) in [4.78, 5) is 23.2. The topological polar surface area (TPSA) is 105 Å². The number of quaternary nitrogens is 1. The quantitative estimate of drug-likeness (QED) is 0.0243. The van der Waals surface area contributed by atoms with Crippen LogP contribution in [0.3, 0.4) is 0 Å². The average molecular weight is 999 g/mol. The van der Waals surface area contributed by atoms with Crippen LogP contribution in [0.2, 0.25) is 0 Å². The molecule has 0 aromatic rings. The number of aliphatic hydroxyl groups excluding tert-OH is 1. The molecule has 0 bridgehead atoms. The van der Waals surface area contributed by atoms with Crippen molar-refractivity contribution in [2.24, 2.45) is 0 Å². The second-order valence-corrected chi connectivity index (χ2v) is 21.7. The molecule has 0 radical (unpaired) electrons. The fraction of sp³-hybridized carbons (Fsp3) is 0.721. The summed E-state index contributed by atoms with van der Waals surface area (Å²) in [6, 6.07) is -0.866. The zero-order valence-electron chi connectivity index (χ0n) is 46.0. The van der Waals surface area contributed by atoms with Crippen LogP contribution in [0.5, 0.6) is 0 Å². The van der Waals surface area contributed by atoms with Gasteiger partial charge in [-0.1, -0.05) is 239 Å². The minimum absolute atomic E-state index is 0.0533. The molecule has 3 atom stereocenters. The highest BCUT2D eigenvalue weighted by Crippen LogP contribution is 2.43. The first-order chi connectivity index (χ1) is 34.0. The first-order valence-electron chi connectivity index (χ1n) is 28.6. The van der Waals surface area contributed by atoms with Crippen molar-refractivity contribution in [1.29, 1.82) is 0 Å². The van der Waals surface area contributed by atoms with Gasteiger partial charge in [-0.25, -0.2) is 4.57 Å². The van der Waals surface area contributed by atoms with Crippen LogP contribution in [0.25, 0.3) is 0 Å². The van der Waals surface area contributed by atoms with Crippen molar-refractivity contribution in [3.63, 3.8) is 0 Å². The van der Waals surface area contributed by atoms with Crippen LogP contribution in [-0.2, 0) is 18.4 Å². The van der Waals surface area contributed by atoms with Crippen LogP contribution in [0.1, 0.15) is 232 Å². The summed E-state index contributed by atoms with van der Waals surface area (Å²) in [7, 11) is 1.55. The normalized spacial score (nSPS) is 14.7. The van der Waals surface area contributed by atoms with Crippen molar-refractivity contribution < 1.29 is 32.9 Å². The maximum Gasteiger partial charge on any atom is 0.472 e. The van der Waals surface area contributed by atoms with E-state index >= 15 is 0 Å². The second kappa shape index (κ2) is 51.3. The number of phosphoric ester groups is 1. The van der Waals surface area contributed by atoms with E-state index in [0.29, 0.717) is 17.4 Å². The number of likely N-dealkylation sites (N-methyl/N-ethyl adjacent to an activating group) is 1. The monoisotopic (exact) mass is 998 g/mol. The van der Waals surface area contributed by atoms with E-state index in [1.807, 2.05) is 27.2 Å². The molecule has 0 saturated heterocycles. The molecule has 404 valence electrons. The third kappa shape index (κ3) is 53.2. The Balaban J connectivity index is 4.06. The van der Waals surface area contributed by atoms with E-state index in [0.717, 1.165) is 77.0 Å². The first kappa shape index (κ1) is 67.4. The van der Waals surface area contributed by atoms with Gasteiger partial charge in [0.2, 0.25) is 5.91 Å². The van der Waals surface area contributed by atoms with Crippen molar-refractivity contribution in [2.75, 3.05) is 40.9 Å². The van der Waals surface area contributed by atoms with Crippen LogP contribution in [0.4, 0.5) is 0 Å². The fourth-order valence-corrected chi connectivity index (χ4v) is 8.56. The standard InChI is InChI=1S/C61H109N2O6P/c1-6-8-10-12-14-16-18-20-21-22-23-24-25-26-27-28-29-30-31-32-33-34-35-36-37-38-39-40-41-43-45-47-49-51-53-55-61(65)62-59(58-69-70(66,67)68-57-56-63(3,4)5)60(64)54-52-50-48-46-44-42-19-17-15-13-11-9-7-2/h8,10,14,16,20-21,23-24,26-27,29-30,44,46,52,54,59-60,64H,6-7,9,11-13,15,17-19,22,25,28,31-43,45,47-51,53,55-58H2,1-5H3,(H-,62,65,66,67)/p+1/b10-8-,16-14-,21-20-,24-23-,27-26-,30-29-,46-44+,54-52+. The van der Waals surface area contributed by atoms with Crippen molar-refractivity contribution in [3.8, 4) is 0 Å². The highest BCUT2D eigenvalue weighted by Gasteiger charge is 2.27. The van der Waals surface area contributed by atoms with Crippen LogP contribution in [-0.4, -0.2) is 73.4 Å². The number of allylic oxidation sites excluding steroid dienone is 15. The van der Waals surface area contributed by atoms with Crippen LogP contribution < -0.4 is 5.32 Å². The van der Waals surface area contributed by atoms with Crippen LogP contribution >= 0.6 is 7.82 Å². The van der Waals surface area contributed by atoms with Gasteiger partial charge in [-0.3, -0.25) is 13.8 Å². The van der Waals surface area contributed by atoms with Gasteiger partial charge in [0.25, 0.3) is 0 Å². The summed E-state index contributed by atoms with van der Waals surface area (Å²) in [6.45, 7) is 4.66. The molecule has 3 unspecified atom stereocenters. The van der Waals surface area contributed by atoms with E-state index < -0.39 is 20.0 Å². The smallest absolute Gasteiger partial charge is 0.387 e. The number of amides is 1. The largest absolute Gasteiger partial charge is 0.472 e. The van der Waals surface area contributed by atoms with Gasteiger partial charge in [0.05, 0.1) is 39.9 Å². The lowest BCUT2D eigenvalue weighted by molar-refractivity contribution is -0.870. The number of carbonyl (C=O) groups is 1. The number of hydrogen-bond donors (Lipinski definition) is 3. The lowest BCUT2D eigenvalue weighted by Gasteiger charge is -2.25. The molecule has 0 fully saturated rings. The van der Waals surface area contributed by atoms with Crippen LogP contribution in [0.15, 0.2) is 97.2 Å². The number of aliphatic hydroxyl groups is 1. The van der Waals surface area contributed by atoms with E-state index in [-0.39, 0.29) is 19.1 Å². The van der Waals surface area contributed by atoms with E-state index in [1.54, 1.807) is 6.08 Å². The Bertz CT molecular complexity index is 1460. The Morgan fingerprint density at radius 2 is 0.871 bits per heavy atom. The molecule has 0 heterocycles. The molecular weight excluding hydrogens is 888 g/mol. The number of phosphoric acid groups is 1. The van der Waals surface area contributed by atoms with Gasteiger partial charge >= 0.3 is 7.82 Å². The fourth-order valence-electron chi connectivity index (χ4n) is 7.83. The van der Waals surface area contributed by atoms with E-state index in [2.05, 4.69) is 104 Å². The minimum atomic E-state index is -4.35. The first-order valence-corrected chi connectivity index (χ1v) is 30.1. The molecule has 0 spiro atoms. The SMILES string of the molecule is CC/C=C\C/C=C\C/C=C\C/C=C\C/C=C\C/C=C\CCCCCCCCCCCCCCCCCCC(=O)NC(COP(=O)(O)OCC[N+](C)(C)C)C(O)/C=C/CC/C=C/CCCCCCCCC. The van der Waals surface area contributed by atoms with Crippen molar-refractivity contribution >= 4 is 13.7 Å². The van der Waals surface area contributed by atoms with Crippen molar-refractivity contribution in [1.82, 2.24) is 5.32 Å². The number of carbonyl (C=O) groups excluding carboxylic acids is 1. The van der Waals surface area contributed by atoms with Crippen LogP contribution in [0, 0.1) is 0 Å². The zero-order valence-corrected chi connectivity index (χ0v) is 46.9. The third-order valence-electron chi connectivity index (χ3n) is 12.3. The Labute approximate surface area is 432 Å². The minimum Gasteiger partial charge on any atom is -0.387 e. The molecule has 0 aromatic heterocycles. The van der Waals surface area contributed by atoms with Crippen molar-refractivity contribution in [2.45, 2.75) is 244 Å². The van der Waals surface area contributed by atoms with Gasteiger partial charge in [-0.05, 0) is 83.5 Å². The summed E-state index contributed by atoms with van der Waals surface area (Å²) in [6.07, 6.45) is 73.8. The van der Waals surface area contributed by atoms with E-state index in [9.17, 15) is 19.4 Å². The highest BCUT2D eigenvalue weighted by molar-refractivity contribution is 7.47. The van der Waals surface area contributed by atoms with Gasteiger partial charge in [0.15, 0.2) is 0 Å². The molecule has 9 heteroatoms. The Morgan fingerprint density at radius 3 is 1.31 bits per heavy atom. The van der Waals surface area contributed by atoms with Gasteiger partial charge in [-0.2, -0.15) is 0 Å². The number of hydrogen-bond acceptors (Lipinski definition) is 5. The maximum atomic E-state index is 12.9. The molecule has 0 aliphatic rings. The van der Waals surface area contributed by atoms with Gasteiger partial charge in [0.1, 0.15) is 13.2 Å². The molecular formula is C61H110N2O6P+. The van der Waals surface area contributed by atoms with Gasteiger partial charge in [0, 0.05) is 6.42 Å². The summed E-state index contributed by atoms with van der Waals surface area (Å²) >= 11 is 0. The number of nitrogens with zero attached hydrogens (tertiary/aromatic N) is 1. The number of rotatable bonds is 51. The van der Waals surface area contributed by atoms with E-state index in [4.69, 9.17) is 9.05 Å². The second-order valence-electron chi connectivity index (χ2n) is 20.3. The summed E-state index contributed by atoms with van der Waals surface area (Å²) in [5, 5.41) is 13.9. The predicted molar refractivity (Wildman–Crippen MR) is 304 cm³/mol. The van der Waals surface area contributed by atoms with Gasteiger partial charge in [-0.15, -0.1) is 0 Å².